The minimum absolute atomic E-state index is 0. The quantitative estimate of drug-likeness (QED) is 0.0199. The number of benzene rings is 6. The second-order valence-corrected chi connectivity index (χ2v) is 38.0. The Bertz CT molecular complexity index is 5400. The van der Waals surface area contributed by atoms with Gasteiger partial charge in [-0.3, -0.25) is 0 Å². The van der Waals surface area contributed by atoms with Crippen LogP contribution in [0.3, 0.4) is 0 Å². The van der Waals surface area contributed by atoms with Gasteiger partial charge in [0.2, 0.25) is 10.8 Å². The molecule has 2 aliphatic heterocycles. The van der Waals surface area contributed by atoms with E-state index >= 15 is 0 Å². The zero-order valence-electron chi connectivity index (χ0n) is 70.5. The molecule has 117 heavy (non-hydrogen) atoms. The zero-order chi connectivity index (χ0) is 83.7. The maximum Gasteiger partial charge on any atom is 2.00 e. The first-order chi connectivity index (χ1) is 55.5. The van der Waals surface area contributed by atoms with E-state index in [4.69, 9.17) is 124 Å². The van der Waals surface area contributed by atoms with Crippen LogP contribution in [0.4, 0.5) is 11.4 Å². The molecule has 0 amide bonds. The van der Waals surface area contributed by atoms with Gasteiger partial charge in [-0.25, -0.2) is 9.97 Å². The van der Waals surface area contributed by atoms with Gasteiger partial charge < -0.3 is 67.8 Å². The maximum absolute atomic E-state index is 10.1. The minimum Gasteiger partial charge on any atom is -0.492 e. The smallest absolute Gasteiger partial charge is 0.492 e. The Kier molecular flexibility index (Phi) is 32.7. The van der Waals surface area contributed by atoms with E-state index in [1.54, 1.807) is 12.1 Å². The van der Waals surface area contributed by atoms with Crippen LogP contribution in [0.2, 0.25) is 20.1 Å². The van der Waals surface area contributed by atoms with E-state index in [0.29, 0.717) is 190 Å². The van der Waals surface area contributed by atoms with Crippen LogP contribution in [0.5, 0.6) is 46.0 Å². The molecule has 1 radical (unpaired) electrons. The summed E-state index contributed by atoms with van der Waals surface area (Å²) in [6.45, 7) is 40.0. The van der Waals surface area contributed by atoms with Gasteiger partial charge in [-0.1, -0.05) is 181 Å². The molecule has 0 aliphatic carbocycles. The minimum atomic E-state index is 0. The van der Waals surface area contributed by atoms with Crippen molar-refractivity contribution >= 4 is 149 Å². The number of fused-ring (bicyclic) bond motifs is 20. The Morgan fingerprint density at radius 3 is 0.863 bits per heavy atom. The number of ether oxygens (including phenoxy) is 8. The molecule has 0 unspecified atom stereocenters. The van der Waals surface area contributed by atoms with Crippen LogP contribution in [-0.2, 0) is 17.1 Å². The molecule has 0 saturated carbocycles. The molecule has 29 heteroatoms. The molecule has 0 spiro atoms. The maximum atomic E-state index is 10.1. The van der Waals surface area contributed by atoms with Crippen molar-refractivity contribution in [2.75, 3.05) is 65.4 Å². The van der Waals surface area contributed by atoms with E-state index < -0.39 is 0 Å². The van der Waals surface area contributed by atoms with Crippen LogP contribution in [-0.4, -0.2) is 95.3 Å². The molecule has 0 N–H and O–H groups in total. The summed E-state index contributed by atoms with van der Waals surface area (Å²) in [4.78, 5) is 56.5. The Hall–Kier alpha value is -7.00. The van der Waals surface area contributed by atoms with Crippen LogP contribution in [0.1, 0.15) is 173 Å². The van der Waals surface area contributed by atoms with Crippen LogP contribution in [0, 0.1) is 72.0 Å². The number of thioether (sulfide) groups is 2. The molecular formula is C88H106Cl4CuN12O8S4+2. The third kappa shape index (κ3) is 21.1. The number of nitrogens with zero attached hydrogens (tertiary/aromatic N) is 12. The van der Waals surface area contributed by atoms with Gasteiger partial charge in [0.15, 0.2) is 9.95 Å². The Morgan fingerprint density at radius 2 is 0.564 bits per heavy atom. The van der Waals surface area contributed by atoms with Crippen molar-refractivity contribution in [2.45, 2.75) is 205 Å². The standard InChI is InChI=1S/C88H106Cl4N12O8S4.Cu/c1-43(2)25-33-105-69-57-61(73(77(113-19)65(69)89)109-37-29-47(9)10)86-96-81(57)95-85-62-58(70(106-34-26-44(3)4)66(90)78(114-20)74(62)110-38-30-48(11)12)82(97-85)99-87-64-60(72(108-36-28-46(7)8)68(92)80(76(64)112-40-32-50(15)16)116-54-22-24-56(104-94)52(18)42-54)84(101-87)102-88-63-59(83(98-86)100-88)71(107-35-27-45(5)6)67(91)79(75(63)111-39-31-49(13)14)115-53-21-23-55(103-93)51(17)41-53;/h21-24,41-50H,25-40H2,1-20H3;/q;+2. The number of rotatable bonds is 38. The van der Waals surface area contributed by atoms with Crippen molar-refractivity contribution in [1.29, 1.82) is 10.8 Å². The molecule has 8 bridgehead atoms. The summed E-state index contributed by atoms with van der Waals surface area (Å²) in [7, 11) is 0. The summed E-state index contributed by atoms with van der Waals surface area (Å²) in [6, 6.07) is 11.1. The number of halogens is 4. The van der Waals surface area contributed by atoms with E-state index in [0.717, 1.165) is 9.79 Å². The molecule has 5 heterocycles. The fourth-order valence-electron chi connectivity index (χ4n) is 12.9. The summed E-state index contributed by atoms with van der Waals surface area (Å²) in [5.74, 6) is 4.80. The van der Waals surface area contributed by atoms with Crippen molar-refractivity contribution in [3.8, 4) is 91.5 Å². The topological polar surface area (TPSA) is 236 Å². The third-order valence-corrected chi connectivity index (χ3v) is 25.3. The number of diazo groups is 2. The first-order valence-electron chi connectivity index (χ1n) is 40.1. The van der Waals surface area contributed by atoms with Crippen LogP contribution in [0.15, 0.2) is 65.8 Å². The fourth-order valence-corrected chi connectivity index (χ4v) is 17.8. The Labute approximate surface area is 735 Å². The van der Waals surface area contributed by atoms with E-state index in [1.807, 2.05) is 50.6 Å². The average molecular weight is 1790 g/mol. The van der Waals surface area contributed by atoms with Crippen molar-refractivity contribution in [3.63, 3.8) is 0 Å². The molecule has 627 valence electrons. The van der Waals surface area contributed by atoms with Crippen LogP contribution < -0.4 is 47.9 Å². The van der Waals surface area contributed by atoms with Gasteiger partial charge in [-0.2, -0.15) is 0 Å². The number of aromatic nitrogens is 8. The van der Waals surface area contributed by atoms with E-state index in [-0.39, 0.29) is 177 Å². The predicted octanol–water partition coefficient (Wildman–Crippen LogP) is 27.5. The Morgan fingerprint density at radius 1 is 0.333 bits per heavy atom. The molecule has 11 rings (SSSR count). The summed E-state index contributed by atoms with van der Waals surface area (Å²) in [6.07, 6.45) is 9.17. The molecule has 20 nitrogen and oxygen atoms in total. The van der Waals surface area contributed by atoms with E-state index in [9.17, 15) is 10.8 Å². The summed E-state index contributed by atoms with van der Waals surface area (Å²) >= 11 is 37.7. The van der Waals surface area contributed by atoms with Crippen LogP contribution >= 0.6 is 93.5 Å². The van der Waals surface area contributed by atoms with Gasteiger partial charge in [-0.05, 0) is 149 Å². The molecule has 0 saturated heterocycles. The number of aryl methyl sites for hydroxylation is 2. The van der Waals surface area contributed by atoms with Gasteiger partial charge in [-0.15, -0.1) is 23.5 Å². The Balaban J connectivity index is 0.0000144. The molecule has 9 aromatic rings. The summed E-state index contributed by atoms with van der Waals surface area (Å²) in [5, 5.41) is 22.8. The van der Waals surface area contributed by atoms with Gasteiger partial charge >= 0.3 is 28.4 Å². The molecule has 6 aromatic carbocycles. The summed E-state index contributed by atoms with van der Waals surface area (Å²) in [5.41, 5.74) is 4.18. The molecular weight excluding hydrogens is 1690 g/mol. The number of hydrogen-bond acceptors (Lipinski definition) is 20. The van der Waals surface area contributed by atoms with Gasteiger partial charge in [0.05, 0.1) is 118 Å². The van der Waals surface area contributed by atoms with Gasteiger partial charge in [0.25, 0.3) is 0 Å². The van der Waals surface area contributed by atoms with Crippen molar-refractivity contribution in [1.82, 2.24) is 39.9 Å². The fraction of sp³-hybridized carbons (Fsp3) is 0.500. The largest absolute Gasteiger partial charge is 2.00 e. The van der Waals surface area contributed by atoms with Crippen LogP contribution in [0.25, 0.3) is 99.6 Å². The van der Waals surface area contributed by atoms with Crippen molar-refractivity contribution < 1.29 is 55.0 Å². The van der Waals surface area contributed by atoms with Gasteiger partial charge in [0, 0.05) is 77.2 Å². The second-order valence-electron chi connectivity index (χ2n) is 32.6. The normalized spacial score (nSPS) is 11.9. The molecule has 3 aromatic heterocycles. The SMILES string of the molecule is CSc1c(Cl)c(OCCC(C)C)c2c(c1OCCC(C)C)-c1nc-2nc2[n-]c(nc3nc(nc4[n-]c(n1)c1c(OCCC(C)C)c(Cl)c(SC)c(OCCC(C)C)c41)-c1c(OCCC(C)C)c(Cl)c(Sc4ccc([N+]#N)c(C)c4)c(OCCC(C)C)c1-3)c1c(OCCC(C)C)c(Cl)c(Sc3ccc([N+]#N)c(C)c3)c(OCCC(C)C)c21.[Cu+2]. The first-order valence-corrected chi connectivity index (χ1v) is 45.7. The molecule has 0 atom stereocenters. The molecule has 2 aliphatic rings. The van der Waals surface area contributed by atoms with E-state index in [1.165, 1.54) is 47.0 Å². The summed E-state index contributed by atoms with van der Waals surface area (Å²) < 4.78 is 57.5. The van der Waals surface area contributed by atoms with Crippen molar-refractivity contribution in [3.05, 3.63) is 77.6 Å². The monoisotopic (exact) mass is 1790 g/mol. The van der Waals surface area contributed by atoms with Crippen molar-refractivity contribution in [2.24, 2.45) is 47.3 Å². The average Bonchev–Trinajstić information content (AvgIpc) is 1.57. The van der Waals surface area contributed by atoms with Gasteiger partial charge in [0.1, 0.15) is 66.1 Å². The third-order valence-electron chi connectivity index (χ3n) is 19.7. The predicted molar refractivity (Wildman–Crippen MR) is 477 cm³/mol. The van der Waals surface area contributed by atoms with E-state index in [2.05, 4.69) is 121 Å². The number of hydrogen-bond donors (Lipinski definition) is 0. The first kappa shape index (κ1) is 92.3. The molecule has 0 fully saturated rings. The zero-order valence-corrected chi connectivity index (χ0v) is 77.7. The second kappa shape index (κ2) is 41.5.